The summed E-state index contributed by atoms with van der Waals surface area (Å²) < 4.78 is 5.74. The van der Waals surface area contributed by atoms with Gasteiger partial charge in [-0.05, 0) is 37.1 Å². The van der Waals surface area contributed by atoms with Crippen molar-refractivity contribution < 1.29 is 4.74 Å². The molecule has 1 aromatic carbocycles. The van der Waals surface area contributed by atoms with Crippen LogP contribution in [0.2, 0.25) is 0 Å². The van der Waals surface area contributed by atoms with E-state index in [9.17, 15) is 0 Å². The fourth-order valence-corrected chi connectivity index (χ4v) is 1.76. The number of rotatable bonds is 7. The molecule has 0 heterocycles. The first-order chi connectivity index (χ1) is 8.21. The Morgan fingerprint density at radius 2 is 1.76 bits per heavy atom. The predicted octanol–water partition coefficient (Wildman–Crippen LogP) is 3.78. The molecule has 0 aliphatic carbocycles. The van der Waals surface area contributed by atoms with Gasteiger partial charge in [0.25, 0.3) is 0 Å². The van der Waals surface area contributed by atoms with Gasteiger partial charge < -0.3 is 10.1 Å². The van der Waals surface area contributed by atoms with E-state index in [1.807, 2.05) is 7.05 Å². The van der Waals surface area contributed by atoms with Crippen LogP contribution in [0.1, 0.15) is 45.2 Å². The van der Waals surface area contributed by atoms with E-state index in [0.717, 1.165) is 25.2 Å². The van der Waals surface area contributed by atoms with Crippen LogP contribution in [0.4, 0.5) is 0 Å². The Kier molecular flexibility index (Phi) is 6.06. The predicted molar refractivity (Wildman–Crippen MR) is 73.5 cm³/mol. The lowest BCUT2D eigenvalue weighted by molar-refractivity contribution is 0.256. The molecule has 0 aliphatic rings. The largest absolute Gasteiger partial charge is 0.493 e. The Morgan fingerprint density at radius 1 is 1.12 bits per heavy atom. The number of ether oxygens (including phenoxy) is 1. The molecule has 0 saturated heterocycles. The van der Waals surface area contributed by atoms with Crippen LogP contribution in [0.5, 0.6) is 5.75 Å². The third kappa shape index (κ3) is 4.39. The first-order valence-corrected chi connectivity index (χ1v) is 6.61. The zero-order valence-electron chi connectivity index (χ0n) is 11.5. The van der Waals surface area contributed by atoms with Crippen molar-refractivity contribution in [3.05, 3.63) is 29.8 Å². The molecule has 0 aromatic heterocycles. The Balaban J connectivity index is 2.55. The van der Waals surface area contributed by atoms with Crippen LogP contribution in [-0.2, 0) is 0 Å². The lowest BCUT2D eigenvalue weighted by atomic mass is 10.0. The number of hydrogen-bond acceptors (Lipinski definition) is 2. The maximum atomic E-state index is 5.74. The maximum absolute atomic E-state index is 5.74. The second-order valence-corrected chi connectivity index (χ2v) is 4.64. The number of benzene rings is 1. The smallest absolute Gasteiger partial charge is 0.119 e. The van der Waals surface area contributed by atoms with Gasteiger partial charge in [-0.15, -0.1) is 0 Å². The van der Waals surface area contributed by atoms with Gasteiger partial charge in [0.15, 0.2) is 0 Å². The zero-order valence-corrected chi connectivity index (χ0v) is 11.5. The second-order valence-electron chi connectivity index (χ2n) is 4.64. The molecule has 17 heavy (non-hydrogen) atoms. The summed E-state index contributed by atoms with van der Waals surface area (Å²) in [5.74, 6) is 1.59. The van der Waals surface area contributed by atoms with E-state index in [4.69, 9.17) is 4.74 Å². The third-order valence-corrected chi connectivity index (χ3v) is 3.27. The lowest BCUT2D eigenvalue weighted by Crippen LogP contribution is -2.15. The molecule has 1 aromatic rings. The third-order valence-electron chi connectivity index (χ3n) is 3.27. The summed E-state index contributed by atoms with van der Waals surface area (Å²) in [4.78, 5) is 0. The van der Waals surface area contributed by atoms with Gasteiger partial charge in [0, 0.05) is 6.04 Å². The van der Waals surface area contributed by atoms with E-state index >= 15 is 0 Å². The molecule has 0 bridgehead atoms. The molecule has 0 amide bonds. The summed E-state index contributed by atoms with van der Waals surface area (Å²) >= 11 is 0. The van der Waals surface area contributed by atoms with Gasteiger partial charge >= 0.3 is 0 Å². The van der Waals surface area contributed by atoms with E-state index < -0.39 is 0 Å². The summed E-state index contributed by atoms with van der Waals surface area (Å²) in [5, 5.41) is 3.31. The fourth-order valence-electron chi connectivity index (χ4n) is 1.76. The van der Waals surface area contributed by atoms with Gasteiger partial charge in [0.2, 0.25) is 0 Å². The molecule has 96 valence electrons. The van der Waals surface area contributed by atoms with Gasteiger partial charge in [0.05, 0.1) is 6.61 Å². The van der Waals surface area contributed by atoms with E-state index in [0.29, 0.717) is 12.0 Å². The first kappa shape index (κ1) is 14.0. The van der Waals surface area contributed by atoms with Crippen LogP contribution in [0, 0.1) is 5.92 Å². The van der Waals surface area contributed by atoms with Crippen molar-refractivity contribution in [3.8, 4) is 5.75 Å². The van der Waals surface area contributed by atoms with Crippen molar-refractivity contribution in [1.29, 1.82) is 0 Å². The minimum Gasteiger partial charge on any atom is -0.493 e. The van der Waals surface area contributed by atoms with Crippen molar-refractivity contribution in [2.45, 2.75) is 39.7 Å². The van der Waals surface area contributed by atoms with E-state index in [1.54, 1.807) is 0 Å². The van der Waals surface area contributed by atoms with Crippen LogP contribution in [0.15, 0.2) is 24.3 Å². The molecule has 2 heteroatoms. The van der Waals surface area contributed by atoms with Crippen molar-refractivity contribution in [2.75, 3.05) is 13.7 Å². The first-order valence-electron chi connectivity index (χ1n) is 6.61. The molecule has 0 fully saturated rings. The van der Waals surface area contributed by atoms with Gasteiger partial charge in [-0.3, -0.25) is 0 Å². The monoisotopic (exact) mass is 235 g/mol. The highest BCUT2D eigenvalue weighted by Gasteiger charge is 2.06. The summed E-state index contributed by atoms with van der Waals surface area (Å²) in [6.45, 7) is 7.39. The highest BCUT2D eigenvalue weighted by atomic mass is 16.5. The molecule has 0 saturated carbocycles. The SMILES string of the molecule is CCC(C)COc1ccc(C(CC)NC)cc1. The average Bonchev–Trinajstić information content (AvgIpc) is 2.38. The number of hydrogen-bond donors (Lipinski definition) is 1. The summed E-state index contributed by atoms with van der Waals surface area (Å²) in [6, 6.07) is 8.88. The Hall–Kier alpha value is -1.02. The molecule has 0 spiro atoms. The average molecular weight is 235 g/mol. The molecule has 1 N–H and O–H groups in total. The minimum absolute atomic E-state index is 0.443. The Bertz CT molecular complexity index is 303. The van der Waals surface area contributed by atoms with E-state index in [2.05, 4.69) is 50.4 Å². The van der Waals surface area contributed by atoms with Crippen molar-refractivity contribution in [3.63, 3.8) is 0 Å². The van der Waals surface area contributed by atoms with Crippen LogP contribution in [0.25, 0.3) is 0 Å². The van der Waals surface area contributed by atoms with Crippen molar-refractivity contribution in [2.24, 2.45) is 5.92 Å². The van der Waals surface area contributed by atoms with Gasteiger partial charge in [-0.1, -0.05) is 39.3 Å². The molecule has 1 rings (SSSR count). The van der Waals surface area contributed by atoms with Gasteiger partial charge in [0.1, 0.15) is 5.75 Å². The quantitative estimate of drug-likeness (QED) is 0.776. The highest BCUT2D eigenvalue weighted by molar-refractivity contribution is 5.29. The van der Waals surface area contributed by atoms with E-state index in [1.165, 1.54) is 5.56 Å². The maximum Gasteiger partial charge on any atom is 0.119 e. The Labute approximate surface area is 105 Å². The highest BCUT2D eigenvalue weighted by Crippen LogP contribution is 2.20. The lowest BCUT2D eigenvalue weighted by Gasteiger charge is -2.15. The van der Waals surface area contributed by atoms with Crippen LogP contribution >= 0.6 is 0 Å². The zero-order chi connectivity index (χ0) is 12.7. The molecule has 2 nitrogen and oxygen atoms in total. The molecule has 0 aliphatic heterocycles. The van der Waals surface area contributed by atoms with Crippen LogP contribution in [0.3, 0.4) is 0 Å². The topological polar surface area (TPSA) is 21.3 Å². The summed E-state index contributed by atoms with van der Waals surface area (Å²) in [5.41, 5.74) is 1.32. The standard InChI is InChI=1S/C15H25NO/c1-5-12(3)11-17-14-9-7-13(8-10-14)15(6-2)16-4/h7-10,12,15-16H,5-6,11H2,1-4H3. The normalized spacial score (nSPS) is 14.4. The summed E-state index contributed by atoms with van der Waals surface area (Å²) in [6.07, 6.45) is 2.26. The van der Waals surface area contributed by atoms with Gasteiger partial charge in [-0.25, -0.2) is 0 Å². The van der Waals surface area contributed by atoms with Crippen LogP contribution in [-0.4, -0.2) is 13.7 Å². The van der Waals surface area contributed by atoms with Gasteiger partial charge in [-0.2, -0.15) is 0 Å². The van der Waals surface area contributed by atoms with E-state index in [-0.39, 0.29) is 0 Å². The molecule has 2 unspecified atom stereocenters. The van der Waals surface area contributed by atoms with Crippen LogP contribution < -0.4 is 10.1 Å². The molecular formula is C15H25NO. The Morgan fingerprint density at radius 3 is 2.24 bits per heavy atom. The fraction of sp³-hybridized carbons (Fsp3) is 0.600. The summed E-state index contributed by atoms with van der Waals surface area (Å²) in [7, 11) is 2.00. The van der Waals surface area contributed by atoms with Crippen molar-refractivity contribution in [1.82, 2.24) is 5.32 Å². The minimum atomic E-state index is 0.443. The molecular weight excluding hydrogens is 210 g/mol. The number of nitrogens with one attached hydrogen (secondary N) is 1. The second kappa shape index (κ2) is 7.33. The molecule has 0 radical (unpaired) electrons. The molecule has 2 atom stereocenters. The van der Waals surface area contributed by atoms with Crippen molar-refractivity contribution >= 4 is 0 Å².